The van der Waals surface area contributed by atoms with Crippen LogP contribution in [0.1, 0.15) is 17.7 Å². The van der Waals surface area contributed by atoms with Gasteiger partial charge in [0.2, 0.25) is 0 Å². The number of benzene rings is 1. The number of hydrogen-bond donors (Lipinski definition) is 2. The quantitative estimate of drug-likeness (QED) is 0.474. The Labute approximate surface area is 146 Å². The van der Waals surface area contributed by atoms with Crippen molar-refractivity contribution in [3.63, 3.8) is 0 Å². The number of halogens is 1. The third-order valence-electron chi connectivity index (χ3n) is 4.45. The lowest BCUT2D eigenvalue weighted by Gasteiger charge is -2.26. The highest BCUT2D eigenvalue weighted by molar-refractivity contribution is 5.82. The Bertz CT molecular complexity index is 738. The van der Waals surface area contributed by atoms with E-state index >= 15 is 0 Å². The van der Waals surface area contributed by atoms with Gasteiger partial charge in [-0.25, -0.2) is 9.38 Å². The minimum Gasteiger partial charge on any atom is -0.459 e. The van der Waals surface area contributed by atoms with E-state index < -0.39 is 0 Å². The van der Waals surface area contributed by atoms with Gasteiger partial charge >= 0.3 is 0 Å². The monoisotopic (exact) mass is 348 g/mol. The molecular weight excluding hydrogens is 323 g/mol. The molecule has 3 N–H and O–H groups in total. The highest BCUT2D eigenvalue weighted by atomic mass is 19.1. The van der Waals surface area contributed by atoms with Crippen LogP contribution in [0.25, 0.3) is 11.0 Å². The number of nitrogens with zero attached hydrogens (tertiary/aromatic N) is 2. The normalized spacial score (nSPS) is 16.5. The highest BCUT2D eigenvalue weighted by Crippen LogP contribution is 2.26. The fourth-order valence-corrected chi connectivity index (χ4v) is 2.95. The average molecular weight is 348 g/mol. The van der Waals surface area contributed by atoms with Crippen LogP contribution in [0.15, 0.2) is 27.6 Å². The maximum absolute atomic E-state index is 13.3. The van der Waals surface area contributed by atoms with Gasteiger partial charge in [0, 0.05) is 30.6 Å². The molecule has 2 aromatic rings. The summed E-state index contributed by atoms with van der Waals surface area (Å²) in [6.45, 7) is 7.67. The third-order valence-corrected chi connectivity index (χ3v) is 4.45. The maximum atomic E-state index is 13.3. The first-order chi connectivity index (χ1) is 12.1. The van der Waals surface area contributed by atoms with E-state index in [2.05, 4.69) is 15.2 Å². The molecule has 0 saturated carbocycles. The van der Waals surface area contributed by atoms with E-state index in [0.29, 0.717) is 23.8 Å². The molecular formula is C18H25FN4O2. The van der Waals surface area contributed by atoms with E-state index in [4.69, 9.17) is 14.9 Å². The van der Waals surface area contributed by atoms with Gasteiger partial charge in [0.25, 0.3) is 0 Å². The molecule has 136 valence electrons. The molecule has 7 heteroatoms. The molecule has 0 atom stereocenters. The second-order valence-corrected chi connectivity index (χ2v) is 6.23. The van der Waals surface area contributed by atoms with Gasteiger partial charge in [0.05, 0.1) is 13.2 Å². The third kappa shape index (κ3) is 4.70. The van der Waals surface area contributed by atoms with Gasteiger partial charge in [-0.15, -0.1) is 0 Å². The van der Waals surface area contributed by atoms with Crippen LogP contribution >= 0.6 is 0 Å². The van der Waals surface area contributed by atoms with Crippen molar-refractivity contribution in [2.75, 3.05) is 39.4 Å². The fourth-order valence-electron chi connectivity index (χ4n) is 2.95. The van der Waals surface area contributed by atoms with Gasteiger partial charge in [0.15, 0.2) is 5.96 Å². The molecule has 0 spiro atoms. The number of ether oxygens (including phenoxy) is 1. The maximum Gasteiger partial charge on any atom is 0.189 e. The molecule has 1 fully saturated rings. The van der Waals surface area contributed by atoms with Gasteiger partial charge in [0.1, 0.15) is 23.7 Å². The Morgan fingerprint density at radius 3 is 2.96 bits per heavy atom. The van der Waals surface area contributed by atoms with Crippen molar-refractivity contribution in [2.45, 2.75) is 19.9 Å². The van der Waals surface area contributed by atoms with E-state index in [1.165, 1.54) is 12.1 Å². The minimum atomic E-state index is -0.270. The van der Waals surface area contributed by atoms with Gasteiger partial charge in [-0.3, -0.25) is 4.90 Å². The van der Waals surface area contributed by atoms with Crippen LogP contribution in [0.2, 0.25) is 0 Å². The molecule has 1 aliphatic rings. The summed E-state index contributed by atoms with van der Waals surface area (Å²) in [6, 6.07) is 4.51. The lowest BCUT2D eigenvalue weighted by molar-refractivity contribution is 0.0376. The van der Waals surface area contributed by atoms with Gasteiger partial charge in [-0.1, -0.05) is 0 Å². The summed E-state index contributed by atoms with van der Waals surface area (Å²) in [5, 5.41) is 3.90. The SMILES string of the molecule is Cc1c(CN=C(N)NCCCN2CCOCC2)oc2ccc(F)cc12. The van der Waals surface area contributed by atoms with Crippen LogP contribution in [0.5, 0.6) is 0 Å². The smallest absolute Gasteiger partial charge is 0.189 e. The van der Waals surface area contributed by atoms with Crippen molar-refractivity contribution in [1.82, 2.24) is 10.2 Å². The van der Waals surface area contributed by atoms with Gasteiger partial charge in [-0.2, -0.15) is 0 Å². The Balaban J connectivity index is 1.47. The van der Waals surface area contributed by atoms with E-state index in [9.17, 15) is 4.39 Å². The predicted octanol–water partition coefficient (Wildman–Crippen LogP) is 2.01. The molecule has 1 aromatic heterocycles. The lowest BCUT2D eigenvalue weighted by atomic mass is 10.1. The van der Waals surface area contributed by atoms with Crippen LogP contribution in [-0.2, 0) is 11.3 Å². The highest BCUT2D eigenvalue weighted by Gasteiger charge is 2.11. The first kappa shape index (κ1) is 17.7. The molecule has 1 saturated heterocycles. The number of aryl methyl sites for hydroxylation is 1. The standard InChI is InChI=1S/C18H25FN4O2/c1-13-15-11-14(19)3-4-16(15)25-17(13)12-22-18(20)21-5-2-6-23-7-9-24-10-8-23/h3-4,11H,2,5-10,12H2,1H3,(H3,20,21,22). The largest absolute Gasteiger partial charge is 0.459 e. The van der Waals surface area contributed by atoms with Crippen LogP contribution in [0, 0.1) is 12.7 Å². The van der Waals surface area contributed by atoms with Crippen molar-refractivity contribution in [3.8, 4) is 0 Å². The molecule has 25 heavy (non-hydrogen) atoms. The molecule has 1 aromatic carbocycles. The van der Waals surface area contributed by atoms with E-state index in [1.54, 1.807) is 6.07 Å². The lowest BCUT2D eigenvalue weighted by Crippen LogP contribution is -2.39. The zero-order valence-corrected chi connectivity index (χ0v) is 14.6. The summed E-state index contributed by atoms with van der Waals surface area (Å²) in [6.07, 6.45) is 0.999. The molecule has 0 aliphatic carbocycles. The van der Waals surface area contributed by atoms with Crippen molar-refractivity contribution in [1.29, 1.82) is 0 Å². The van der Waals surface area contributed by atoms with E-state index in [-0.39, 0.29) is 5.82 Å². The summed E-state index contributed by atoms with van der Waals surface area (Å²) < 4.78 is 24.4. The topological polar surface area (TPSA) is 76.0 Å². The number of morpholine rings is 1. The van der Waals surface area contributed by atoms with Crippen molar-refractivity contribution < 1.29 is 13.5 Å². The first-order valence-corrected chi connectivity index (χ1v) is 8.65. The first-order valence-electron chi connectivity index (χ1n) is 8.65. The average Bonchev–Trinajstić information content (AvgIpc) is 2.93. The van der Waals surface area contributed by atoms with Crippen LogP contribution in [0.4, 0.5) is 4.39 Å². The second kappa shape index (κ2) is 8.31. The van der Waals surface area contributed by atoms with Gasteiger partial charge in [-0.05, 0) is 38.1 Å². The Morgan fingerprint density at radius 2 is 2.16 bits per heavy atom. The van der Waals surface area contributed by atoms with E-state index in [0.717, 1.165) is 56.8 Å². The zero-order valence-electron chi connectivity index (χ0n) is 14.6. The summed E-state index contributed by atoms with van der Waals surface area (Å²) in [5.74, 6) is 0.833. The fraction of sp³-hybridized carbons (Fsp3) is 0.500. The Hall–Kier alpha value is -2.12. The van der Waals surface area contributed by atoms with Crippen molar-refractivity contribution in [2.24, 2.45) is 10.7 Å². The van der Waals surface area contributed by atoms with Crippen molar-refractivity contribution in [3.05, 3.63) is 35.3 Å². The van der Waals surface area contributed by atoms with Crippen molar-refractivity contribution >= 4 is 16.9 Å². The number of fused-ring (bicyclic) bond motifs is 1. The number of nitrogens with two attached hydrogens (primary N) is 1. The molecule has 2 heterocycles. The van der Waals surface area contributed by atoms with Crippen LogP contribution in [-0.4, -0.2) is 50.3 Å². The Kier molecular flexibility index (Phi) is 5.88. The molecule has 0 radical (unpaired) electrons. The molecule has 3 rings (SSSR count). The number of hydrogen-bond acceptors (Lipinski definition) is 4. The van der Waals surface area contributed by atoms with E-state index in [1.807, 2.05) is 6.92 Å². The summed E-state index contributed by atoms with van der Waals surface area (Å²) in [5.41, 5.74) is 7.48. The summed E-state index contributed by atoms with van der Waals surface area (Å²) in [4.78, 5) is 6.70. The van der Waals surface area contributed by atoms with Crippen LogP contribution < -0.4 is 11.1 Å². The molecule has 1 aliphatic heterocycles. The minimum absolute atomic E-state index is 0.270. The van der Waals surface area contributed by atoms with Gasteiger partial charge < -0.3 is 20.2 Å². The predicted molar refractivity (Wildman–Crippen MR) is 96.1 cm³/mol. The molecule has 0 bridgehead atoms. The Morgan fingerprint density at radius 1 is 1.36 bits per heavy atom. The molecule has 6 nitrogen and oxygen atoms in total. The number of rotatable bonds is 6. The zero-order chi connectivity index (χ0) is 17.6. The number of aliphatic imine (C=N–C) groups is 1. The number of furan rings is 1. The summed E-state index contributed by atoms with van der Waals surface area (Å²) in [7, 11) is 0. The number of nitrogens with one attached hydrogen (secondary N) is 1. The second-order valence-electron chi connectivity index (χ2n) is 6.23. The summed E-state index contributed by atoms with van der Waals surface area (Å²) >= 11 is 0. The number of guanidine groups is 1. The molecule has 0 amide bonds. The molecule has 0 unspecified atom stereocenters. The van der Waals surface area contributed by atoms with Crippen LogP contribution in [0.3, 0.4) is 0 Å².